The van der Waals surface area contributed by atoms with E-state index in [2.05, 4.69) is 57.8 Å². The van der Waals surface area contributed by atoms with Gasteiger partial charge in [0.2, 0.25) is 0 Å². The van der Waals surface area contributed by atoms with Crippen LogP contribution in [0.1, 0.15) is 39.5 Å². The van der Waals surface area contributed by atoms with E-state index < -0.39 is 0 Å². The van der Waals surface area contributed by atoms with Crippen molar-refractivity contribution in [3.8, 4) is 0 Å². The molecule has 1 aliphatic heterocycles. The van der Waals surface area contributed by atoms with Crippen LogP contribution < -0.4 is 0 Å². The van der Waals surface area contributed by atoms with Gasteiger partial charge in [0.05, 0.1) is 6.61 Å². The Morgan fingerprint density at radius 3 is 2.63 bits per heavy atom. The summed E-state index contributed by atoms with van der Waals surface area (Å²) >= 11 is 0. The molecule has 30 heavy (non-hydrogen) atoms. The summed E-state index contributed by atoms with van der Waals surface area (Å²) in [4.78, 5) is 0. The molecule has 0 saturated heterocycles. The third-order valence-electron chi connectivity index (χ3n) is 7.97. The van der Waals surface area contributed by atoms with Crippen LogP contribution in [0.3, 0.4) is 0 Å². The zero-order valence-corrected chi connectivity index (χ0v) is 18.9. The minimum absolute atomic E-state index is 0.270. The molecular formula is C27H36N2O. The Bertz CT molecular complexity index is 887. The van der Waals surface area contributed by atoms with Crippen molar-refractivity contribution in [2.24, 2.45) is 46.5 Å². The number of hydrogen-bond donors (Lipinski definition) is 0. The van der Waals surface area contributed by atoms with Gasteiger partial charge in [-0.2, -0.15) is 5.10 Å². The summed E-state index contributed by atoms with van der Waals surface area (Å²) in [6, 6.07) is 0. The lowest BCUT2D eigenvalue weighted by atomic mass is 9.65. The molecule has 5 rings (SSSR count). The first-order valence-electron chi connectivity index (χ1n) is 11.8. The fraction of sp³-hybridized carbons (Fsp3) is 0.593. The molecule has 0 radical (unpaired) electrons. The maximum Gasteiger partial charge on any atom is 0.115 e. The normalized spacial score (nSPS) is 37.4. The van der Waals surface area contributed by atoms with Crippen LogP contribution in [-0.2, 0) is 4.74 Å². The first-order valence-corrected chi connectivity index (χ1v) is 11.8. The molecule has 0 amide bonds. The number of hydrogen-bond acceptors (Lipinski definition) is 3. The summed E-state index contributed by atoms with van der Waals surface area (Å²) in [6.07, 6.45) is 9.61. The summed E-state index contributed by atoms with van der Waals surface area (Å²) in [5.74, 6) is 4.39. The van der Waals surface area contributed by atoms with Gasteiger partial charge in [-0.25, -0.2) is 0 Å². The van der Waals surface area contributed by atoms with Crippen LogP contribution in [0, 0.1) is 41.4 Å². The van der Waals surface area contributed by atoms with Gasteiger partial charge in [0, 0.05) is 43.0 Å². The van der Waals surface area contributed by atoms with Crippen LogP contribution in [0.25, 0.3) is 0 Å². The second-order valence-electron chi connectivity index (χ2n) is 10.1. The minimum Gasteiger partial charge on any atom is -0.494 e. The second kappa shape index (κ2) is 7.28. The highest BCUT2D eigenvalue weighted by atomic mass is 16.5. The highest BCUT2D eigenvalue weighted by Crippen LogP contribution is 2.62. The molecule has 4 aliphatic carbocycles. The van der Waals surface area contributed by atoms with E-state index >= 15 is 0 Å². The van der Waals surface area contributed by atoms with Gasteiger partial charge in [0.25, 0.3) is 0 Å². The Morgan fingerprint density at radius 2 is 1.97 bits per heavy atom. The third kappa shape index (κ3) is 3.13. The third-order valence-corrected chi connectivity index (χ3v) is 7.97. The van der Waals surface area contributed by atoms with Crippen LogP contribution in [0.15, 0.2) is 65.0 Å². The molecule has 6 unspecified atom stereocenters. The largest absolute Gasteiger partial charge is 0.494 e. The average Bonchev–Trinajstić information content (AvgIpc) is 3.61. The lowest BCUT2D eigenvalue weighted by molar-refractivity contribution is 0.214. The van der Waals surface area contributed by atoms with E-state index in [1.165, 1.54) is 41.7 Å². The highest BCUT2D eigenvalue weighted by Gasteiger charge is 2.57. The first-order chi connectivity index (χ1) is 14.4. The van der Waals surface area contributed by atoms with Crippen LogP contribution >= 0.6 is 0 Å². The van der Waals surface area contributed by atoms with E-state index in [4.69, 9.17) is 9.84 Å². The van der Waals surface area contributed by atoms with E-state index in [-0.39, 0.29) is 5.92 Å². The number of allylic oxidation sites excluding steroid dienone is 6. The molecule has 0 aromatic carbocycles. The molecule has 0 aromatic heterocycles. The van der Waals surface area contributed by atoms with Crippen molar-refractivity contribution in [3.05, 3.63) is 59.9 Å². The van der Waals surface area contributed by atoms with Crippen LogP contribution in [-0.4, -0.2) is 30.9 Å². The Labute approximate surface area is 181 Å². The van der Waals surface area contributed by atoms with Crippen molar-refractivity contribution in [1.82, 2.24) is 5.01 Å². The summed E-state index contributed by atoms with van der Waals surface area (Å²) in [5, 5.41) is 7.23. The summed E-state index contributed by atoms with van der Waals surface area (Å²) in [6.45, 7) is 19.3. The van der Waals surface area contributed by atoms with Gasteiger partial charge in [-0.15, -0.1) is 0 Å². The molecule has 160 valence electrons. The molecule has 2 saturated carbocycles. The van der Waals surface area contributed by atoms with Crippen molar-refractivity contribution in [2.45, 2.75) is 39.5 Å². The topological polar surface area (TPSA) is 24.8 Å². The zero-order valence-electron chi connectivity index (χ0n) is 18.9. The van der Waals surface area contributed by atoms with Crippen molar-refractivity contribution < 1.29 is 4.74 Å². The molecule has 1 heterocycles. The SMILES string of the molecule is C=C(OCC)C1=C(C2CC2)C2CC2C2=NN(C)CC2C1C1CC=CC(C(=C)C)C1=C. The molecule has 2 fully saturated rings. The van der Waals surface area contributed by atoms with Gasteiger partial charge in [0.1, 0.15) is 5.76 Å². The summed E-state index contributed by atoms with van der Waals surface area (Å²) in [5.41, 5.74) is 7.07. The number of fused-ring (bicyclic) bond motifs is 3. The van der Waals surface area contributed by atoms with Gasteiger partial charge >= 0.3 is 0 Å². The van der Waals surface area contributed by atoms with Crippen molar-refractivity contribution in [3.63, 3.8) is 0 Å². The summed E-state index contributed by atoms with van der Waals surface area (Å²) in [7, 11) is 2.13. The Morgan fingerprint density at radius 1 is 1.20 bits per heavy atom. The van der Waals surface area contributed by atoms with E-state index in [9.17, 15) is 0 Å². The summed E-state index contributed by atoms with van der Waals surface area (Å²) < 4.78 is 6.15. The standard InChI is InChI=1S/C27H36N2O/c1-7-30-17(5)24-25(18-11-12-18)21-13-22(21)27-23(14-29(6)28-27)26(24)20-10-8-9-19(15(2)3)16(20)4/h8-9,18-23,26H,2,4-5,7,10-14H2,1,3,6H3. The average molecular weight is 405 g/mol. The van der Waals surface area contributed by atoms with Gasteiger partial charge < -0.3 is 4.74 Å². The van der Waals surface area contributed by atoms with E-state index in [1.54, 1.807) is 5.57 Å². The molecule has 0 spiro atoms. The van der Waals surface area contributed by atoms with Gasteiger partial charge in [-0.1, -0.05) is 48.6 Å². The fourth-order valence-electron chi connectivity index (χ4n) is 6.52. The predicted molar refractivity (Wildman–Crippen MR) is 124 cm³/mol. The Kier molecular flexibility index (Phi) is 4.83. The lowest BCUT2D eigenvalue weighted by Crippen LogP contribution is -2.36. The number of ether oxygens (including phenoxy) is 1. The maximum absolute atomic E-state index is 6.15. The molecule has 0 N–H and O–H groups in total. The van der Waals surface area contributed by atoms with Crippen LogP contribution in [0.2, 0.25) is 0 Å². The monoisotopic (exact) mass is 404 g/mol. The van der Waals surface area contributed by atoms with Crippen molar-refractivity contribution in [2.75, 3.05) is 20.2 Å². The molecule has 3 heteroatoms. The smallest absolute Gasteiger partial charge is 0.115 e. The van der Waals surface area contributed by atoms with Gasteiger partial charge in [0.15, 0.2) is 0 Å². The molecule has 6 atom stereocenters. The fourth-order valence-corrected chi connectivity index (χ4v) is 6.52. The zero-order chi connectivity index (χ0) is 21.2. The van der Waals surface area contributed by atoms with Gasteiger partial charge in [-0.05, 0) is 62.9 Å². The predicted octanol–water partition coefficient (Wildman–Crippen LogP) is 5.75. The quantitative estimate of drug-likeness (QED) is 0.416. The van der Waals surface area contributed by atoms with Crippen LogP contribution in [0.5, 0.6) is 0 Å². The van der Waals surface area contributed by atoms with E-state index in [1.807, 2.05) is 0 Å². The van der Waals surface area contributed by atoms with Gasteiger partial charge in [-0.3, -0.25) is 5.01 Å². The van der Waals surface area contributed by atoms with E-state index in [0.29, 0.717) is 36.2 Å². The molecule has 0 aromatic rings. The first kappa shape index (κ1) is 19.9. The van der Waals surface area contributed by atoms with Crippen LogP contribution in [0.4, 0.5) is 0 Å². The molecule has 0 bridgehead atoms. The minimum atomic E-state index is 0.270. The second-order valence-corrected chi connectivity index (χ2v) is 10.1. The molecule has 5 aliphatic rings. The Hall–Kier alpha value is -2.03. The molecule has 3 nitrogen and oxygen atoms in total. The molecular weight excluding hydrogens is 368 g/mol. The van der Waals surface area contributed by atoms with Crippen molar-refractivity contribution >= 4 is 5.71 Å². The number of hydrazone groups is 1. The van der Waals surface area contributed by atoms with E-state index in [0.717, 1.165) is 24.6 Å². The number of rotatable bonds is 6. The van der Waals surface area contributed by atoms with Crippen molar-refractivity contribution in [1.29, 1.82) is 0 Å². The number of nitrogens with zero attached hydrogens (tertiary/aromatic N) is 2. The lowest BCUT2D eigenvalue weighted by Gasteiger charge is -2.39. The Balaban J connectivity index is 1.65. The maximum atomic E-state index is 6.15. The highest BCUT2D eigenvalue weighted by molar-refractivity contribution is 5.94.